The SMILES string of the molecule is CCC1CN=C2NC3=C(C(=O)CC(C)(C)C3)C(C)(c3cccc(C(F)(F)F)c3)C2=C1C1CC(F)(F)C1. The molecule has 36 heavy (non-hydrogen) atoms. The highest BCUT2D eigenvalue weighted by molar-refractivity contribution is 6.12. The van der Waals surface area contributed by atoms with Gasteiger partial charge in [-0.3, -0.25) is 9.79 Å². The molecule has 3 nitrogen and oxygen atoms in total. The maximum Gasteiger partial charge on any atom is 0.416 e. The van der Waals surface area contributed by atoms with E-state index in [0.29, 0.717) is 47.6 Å². The number of hydrogen-bond donors (Lipinski definition) is 1. The number of fused-ring (bicyclic) bond motifs is 1. The van der Waals surface area contributed by atoms with Crippen molar-refractivity contribution in [3.8, 4) is 0 Å². The predicted octanol–water partition coefficient (Wildman–Crippen LogP) is 6.99. The van der Waals surface area contributed by atoms with Crippen LogP contribution in [0.15, 0.2) is 51.7 Å². The molecule has 0 radical (unpaired) electrons. The number of halogens is 5. The normalized spacial score (nSPS) is 29.8. The first kappa shape index (κ1) is 25.2. The van der Waals surface area contributed by atoms with Crippen molar-refractivity contribution in [1.29, 1.82) is 0 Å². The van der Waals surface area contributed by atoms with Crippen LogP contribution >= 0.6 is 0 Å². The number of carbonyl (C=O) groups excluding carboxylic acids is 1. The fourth-order valence-corrected chi connectivity index (χ4v) is 6.69. The monoisotopic (exact) mass is 506 g/mol. The van der Waals surface area contributed by atoms with Gasteiger partial charge in [0.2, 0.25) is 5.92 Å². The molecule has 0 amide bonds. The van der Waals surface area contributed by atoms with E-state index in [1.165, 1.54) is 6.07 Å². The first-order valence-corrected chi connectivity index (χ1v) is 12.5. The van der Waals surface area contributed by atoms with Crippen LogP contribution in [0, 0.1) is 17.3 Å². The molecule has 2 aliphatic carbocycles. The highest BCUT2D eigenvalue weighted by atomic mass is 19.4. The molecule has 4 aliphatic rings. The topological polar surface area (TPSA) is 41.5 Å². The largest absolute Gasteiger partial charge is 0.416 e. The van der Waals surface area contributed by atoms with Gasteiger partial charge in [-0.15, -0.1) is 0 Å². The predicted molar refractivity (Wildman–Crippen MR) is 128 cm³/mol. The summed E-state index contributed by atoms with van der Waals surface area (Å²) in [7, 11) is 0. The van der Waals surface area contributed by atoms with Gasteiger partial charge in [0, 0.05) is 48.6 Å². The molecule has 0 aromatic heterocycles. The number of ketones is 1. The van der Waals surface area contributed by atoms with E-state index < -0.39 is 29.0 Å². The van der Waals surface area contributed by atoms with Crippen LogP contribution in [-0.4, -0.2) is 24.1 Å². The molecule has 2 atom stereocenters. The molecule has 8 heteroatoms. The van der Waals surface area contributed by atoms with Gasteiger partial charge in [-0.25, -0.2) is 8.78 Å². The van der Waals surface area contributed by atoms with Crippen molar-refractivity contribution in [2.45, 2.75) is 77.3 Å². The molecule has 0 bridgehead atoms. The Morgan fingerprint density at radius 3 is 2.39 bits per heavy atom. The zero-order valence-corrected chi connectivity index (χ0v) is 21.0. The Morgan fingerprint density at radius 2 is 1.78 bits per heavy atom. The van der Waals surface area contributed by atoms with E-state index in [9.17, 15) is 26.7 Å². The number of hydrogen-bond acceptors (Lipinski definition) is 3. The van der Waals surface area contributed by atoms with Crippen LogP contribution in [0.4, 0.5) is 22.0 Å². The van der Waals surface area contributed by atoms with Crippen LogP contribution in [0.2, 0.25) is 0 Å². The van der Waals surface area contributed by atoms with Gasteiger partial charge in [0.25, 0.3) is 0 Å². The fourth-order valence-electron chi connectivity index (χ4n) is 6.69. The molecular formula is C28H31F5N2O. The van der Waals surface area contributed by atoms with Crippen molar-refractivity contribution in [3.63, 3.8) is 0 Å². The molecule has 2 aliphatic heterocycles. The lowest BCUT2D eigenvalue weighted by atomic mass is 9.57. The molecule has 2 heterocycles. The molecule has 1 saturated carbocycles. The van der Waals surface area contributed by atoms with Crippen molar-refractivity contribution >= 4 is 11.6 Å². The van der Waals surface area contributed by atoms with Crippen LogP contribution in [0.25, 0.3) is 0 Å². The number of rotatable bonds is 3. The van der Waals surface area contributed by atoms with Crippen LogP contribution in [0.1, 0.15) is 70.9 Å². The first-order chi connectivity index (χ1) is 16.7. The summed E-state index contributed by atoms with van der Waals surface area (Å²) in [6.07, 6.45) is -3.66. The maximum atomic E-state index is 14.1. The van der Waals surface area contributed by atoms with Gasteiger partial charge >= 0.3 is 6.18 Å². The molecule has 194 valence electrons. The third-order valence-electron chi connectivity index (χ3n) is 8.37. The Kier molecular flexibility index (Phi) is 5.58. The summed E-state index contributed by atoms with van der Waals surface area (Å²) in [6.45, 7) is 8.16. The first-order valence-electron chi connectivity index (χ1n) is 12.5. The minimum atomic E-state index is -4.56. The van der Waals surface area contributed by atoms with E-state index in [-0.39, 0.29) is 36.4 Å². The van der Waals surface area contributed by atoms with Crippen molar-refractivity contribution in [1.82, 2.24) is 5.32 Å². The Hall–Kier alpha value is -2.51. The Bertz CT molecular complexity index is 1210. The number of Topliss-reactive ketones (excluding diaryl/α,β-unsaturated/α-hetero) is 1. The molecule has 0 saturated heterocycles. The molecule has 1 aromatic rings. The van der Waals surface area contributed by atoms with Gasteiger partial charge in [-0.05, 0) is 42.7 Å². The second-order valence-corrected chi connectivity index (χ2v) is 11.7. The number of allylic oxidation sites excluding steroid dienone is 2. The molecule has 1 aromatic carbocycles. The lowest BCUT2D eigenvalue weighted by Gasteiger charge is -2.50. The third kappa shape index (κ3) is 3.91. The van der Waals surface area contributed by atoms with E-state index in [4.69, 9.17) is 4.99 Å². The standard InChI is InChI=1S/C28H31F5N2O/c1-5-15-14-34-24-23(21(15)16-10-27(29,30)11-16)26(4,17-7-6-8-18(9-17)28(31,32)33)22-19(35-24)12-25(2,3)13-20(22)36/h6-9,15-16H,5,10-14H2,1-4H3,(H,34,35). The average molecular weight is 507 g/mol. The van der Waals surface area contributed by atoms with Gasteiger partial charge in [-0.1, -0.05) is 44.5 Å². The average Bonchev–Trinajstić information content (AvgIpc) is 2.75. The summed E-state index contributed by atoms with van der Waals surface area (Å²) in [4.78, 5) is 18.5. The minimum absolute atomic E-state index is 0.103. The van der Waals surface area contributed by atoms with Gasteiger partial charge in [-0.2, -0.15) is 13.2 Å². The van der Waals surface area contributed by atoms with Crippen molar-refractivity contribution in [3.05, 3.63) is 57.8 Å². The molecule has 0 spiro atoms. The van der Waals surface area contributed by atoms with E-state index in [1.807, 2.05) is 20.8 Å². The second kappa shape index (κ2) is 7.99. The van der Waals surface area contributed by atoms with Crippen LogP contribution in [0.5, 0.6) is 0 Å². The zero-order valence-electron chi connectivity index (χ0n) is 21.0. The van der Waals surface area contributed by atoms with E-state index in [1.54, 1.807) is 13.0 Å². The Balaban J connectivity index is 1.81. The maximum absolute atomic E-state index is 14.1. The summed E-state index contributed by atoms with van der Waals surface area (Å²) in [5, 5.41) is 3.35. The van der Waals surface area contributed by atoms with Crippen molar-refractivity contribution in [2.75, 3.05) is 6.54 Å². The quantitative estimate of drug-likeness (QED) is 0.449. The smallest absolute Gasteiger partial charge is 0.343 e. The number of dihydropyridines is 1. The minimum Gasteiger partial charge on any atom is -0.343 e. The van der Waals surface area contributed by atoms with Crippen molar-refractivity contribution in [2.24, 2.45) is 22.2 Å². The number of nitrogens with zero attached hydrogens (tertiary/aromatic N) is 1. The summed E-state index contributed by atoms with van der Waals surface area (Å²) in [5.41, 5.74) is 0.535. The lowest BCUT2D eigenvalue weighted by molar-refractivity contribution is -0.137. The molecule has 5 rings (SSSR count). The van der Waals surface area contributed by atoms with Crippen LogP contribution in [-0.2, 0) is 16.4 Å². The van der Waals surface area contributed by atoms with E-state index in [2.05, 4.69) is 5.32 Å². The summed E-state index contributed by atoms with van der Waals surface area (Å²) in [6, 6.07) is 5.10. The summed E-state index contributed by atoms with van der Waals surface area (Å²) in [5.74, 6) is -2.87. The molecule has 1 N–H and O–H groups in total. The highest BCUT2D eigenvalue weighted by Crippen LogP contribution is 2.57. The van der Waals surface area contributed by atoms with Crippen LogP contribution < -0.4 is 5.32 Å². The van der Waals surface area contributed by atoms with Gasteiger partial charge in [0.15, 0.2) is 5.78 Å². The van der Waals surface area contributed by atoms with E-state index in [0.717, 1.165) is 17.7 Å². The number of benzene rings is 1. The molecule has 2 unspecified atom stereocenters. The fraction of sp³-hybridized carbons (Fsp3) is 0.571. The number of amidine groups is 1. The van der Waals surface area contributed by atoms with Gasteiger partial charge < -0.3 is 5.32 Å². The zero-order chi connectivity index (χ0) is 26.3. The Morgan fingerprint density at radius 1 is 1.08 bits per heavy atom. The van der Waals surface area contributed by atoms with Gasteiger partial charge in [0.1, 0.15) is 5.84 Å². The van der Waals surface area contributed by atoms with Crippen LogP contribution in [0.3, 0.4) is 0 Å². The summed E-state index contributed by atoms with van der Waals surface area (Å²) < 4.78 is 69.4. The number of carbonyl (C=O) groups is 1. The number of alkyl halides is 5. The second-order valence-electron chi connectivity index (χ2n) is 11.7. The summed E-state index contributed by atoms with van der Waals surface area (Å²) >= 11 is 0. The van der Waals surface area contributed by atoms with Gasteiger partial charge in [0.05, 0.1) is 11.0 Å². The highest BCUT2D eigenvalue weighted by Gasteiger charge is 2.55. The van der Waals surface area contributed by atoms with E-state index >= 15 is 0 Å². The number of aliphatic imine (C=N–C) groups is 1. The lowest BCUT2D eigenvalue weighted by Crippen LogP contribution is -2.53. The third-order valence-corrected chi connectivity index (χ3v) is 8.37. The van der Waals surface area contributed by atoms with Crippen molar-refractivity contribution < 1.29 is 26.7 Å². The number of nitrogens with one attached hydrogen (secondary N) is 1. The Labute approximate surface area is 207 Å². The molecule has 1 fully saturated rings. The molecular weight excluding hydrogens is 475 g/mol.